The van der Waals surface area contributed by atoms with Crippen LogP contribution in [0.25, 0.3) is 0 Å². The monoisotopic (exact) mass is 395 g/mol. The number of rotatable bonds is 6. The molecule has 29 heavy (non-hydrogen) atoms. The van der Waals surface area contributed by atoms with Crippen molar-refractivity contribution in [2.75, 3.05) is 6.54 Å². The Morgan fingerprint density at radius 3 is 2.93 bits per heavy atom. The number of benzene rings is 1. The topological polar surface area (TPSA) is 47.6 Å². The zero-order valence-corrected chi connectivity index (χ0v) is 17.8. The smallest absolute Gasteiger partial charge is 0.328 e. The minimum Gasteiger partial charge on any atom is -0.462 e. The molecule has 2 heterocycles. The molecule has 3 atom stereocenters. The van der Waals surface area contributed by atoms with Crippen molar-refractivity contribution in [3.05, 3.63) is 47.2 Å². The molecule has 1 aromatic rings. The molecule has 2 aliphatic heterocycles. The Labute approximate surface area is 174 Å². The highest BCUT2D eigenvalue weighted by Crippen LogP contribution is 2.51. The molecular weight excluding hydrogens is 362 g/mol. The Balaban J connectivity index is 1.71. The molecule has 1 aromatic carbocycles. The first-order valence-electron chi connectivity index (χ1n) is 11.2. The molecule has 4 nitrogen and oxygen atoms in total. The Morgan fingerprint density at radius 2 is 2.17 bits per heavy atom. The third kappa shape index (κ3) is 4.28. The number of aryl methyl sites for hydroxylation is 1. The van der Waals surface area contributed by atoms with Crippen LogP contribution in [0.3, 0.4) is 0 Å². The summed E-state index contributed by atoms with van der Waals surface area (Å²) in [6, 6.07) is 4.01. The van der Waals surface area contributed by atoms with Crippen LogP contribution in [0.5, 0.6) is 11.5 Å². The summed E-state index contributed by atoms with van der Waals surface area (Å²) in [4.78, 5) is 12.8. The highest BCUT2D eigenvalue weighted by molar-refractivity contribution is 5.79. The molecule has 1 N–H and O–H groups in total. The van der Waals surface area contributed by atoms with Gasteiger partial charge in [0.1, 0.15) is 23.3 Å². The lowest BCUT2D eigenvalue weighted by molar-refractivity contribution is -0.136. The van der Waals surface area contributed by atoms with E-state index in [0.29, 0.717) is 5.75 Å². The van der Waals surface area contributed by atoms with Gasteiger partial charge in [0.2, 0.25) is 0 Å². The Morgan fingerprint density at radius 1 is 1.31 bits per heavy atom. The van der Waals surface area contributed by atoms with Crippen molar-refractivity contribution < 1.29 is 14.3 Å². The van der Waals surface area contributed by atoms with Gasteiger partial charge in [0.25, 0.3) is 0 Å². The summed E-state index contributed by atoms with van der Waals surface area (Å²) in [5.74, 6) is 2.59. The fourth-order valence-electron chi connectivity index (χ4n) is 4.87. The maximum Gasteiger partial charge on any atom is 0.328 e. The number of hydrogen-bond acceptors (Lipinski definition) is 4. The Bertz CT molecular complexity index is 820. The van der Waals surface area contributed by atoms with E-state index in [1.807, 2.05) is 0 Å². The number of unbranched alkanes of at least 4 members (excludes halogenated alkanes) is 2. The van der Waals surface area contributed by atoms with E-state index in [4.69, 9.17) is 9.47 Å². The van der Waals surface area contributed by atoms with E-state index in [9.17, 15) is 4.79 Å². The number of allylic oxidation sites excluding steroid dienone is 3. The highest BCUT2D eigenvalue weighted by atomic mass is 16.5. The maximum absolute atomic E-state index is 12.8. The average molecular weight is 396 g/mol. The van der Waals surface area contributed by atoms with E-state index >= 15 is 0 Å². The second-order valence-corrected chi connectivity index (χ2v) is 8.79. The first kappa shape index (κ1) is 20.2. The summed E-state index contributed by atoms with van der Waals surface area (Å²) >= 11 is 0. The summed E-state index contributed by atoms with van der Waals surface area (Å²) in [6.45, 7) is 9.48. The van der Waals surface area contributed by atoms with E-state index in [2.05, 4.69) is 44.0 Å². The molecule has 3 aliphatic rings. The first-order chi connectivity index (χ1) is 14.1. The fraction of sp³-hybridized carbons (Fsp3) is 0.560. The Kier molecular flexibility index (Phi) is 6.09. The molecule has 1 fully saturated rings. The summed E-state index contributed by atoms with van der Waals surface area (Å²) in [5, 5.41) is 3.25. The lowest BCUT2D eigenvalue weighted by Crippen LogP contribution is -2.35. The van der Waals surface area contributed by atoms with Gasteiger partial charge in [-0.25, -0.2) is 4.79 Å². The molecule has 1 aliphatic carbocycles. The van der Waals surface area contributed by atoms with Crippen LogP contribution in [0.2, 0.25) is 0 Å². The van der Waals surface area contributed by atoms with Gasteiger partial charge in [-0.15, -0.1) is 0 Å². The third-order valence-corrected chi connectivity index (χ3v) is 6.52. The van der Waals surface area contributed by atoms with E-state index < -0.39 is 0 Å². The van der Waals surface area contributed by atoms with E-state index in [0.717, 1.165) is 62.1 Å². The molecule has 0 amide bonds. The van der Waals surface area contributed by atoms with Crippen LogP contribution in [0.15, 0.2) is 36.1 Å². The molecule has 0 aromatic heterocycles. The minimum absolute atomic E-state index is 0.170. The summed E-state index contributed by atoms with van der Waals surface area (Å²) in [7, 11) is 0. The summed E-state index contributed by atoms with van der Waals surface area (Å²) in [5.41, 5.74) is 3.57. The molecule has 0 saturated carbocycles. The highest BCUT2D eigenvalue weighted by Gasteiger charge is 2.38. The third-order valence-electron chi connectivity index (χ3n) is 6.52. The van der Waals surface area contributed by atoms with E-state index in [1.54, 1.807) is 0 Å². The first-order valence-corrected chi connectivity index (χ1v) is 11.2. The molecule has 156 valence electrons. The lowest BCUT2D eigenvalue weighted by Gasteiger charge is -2.37. The predicted molar refractivity (Wildman–Crippen MR) is 115 cm³/mol. The number of nitrogens with one attached hydrogen (secondary N) is 1. The van der Waals surface area contributed by atoms with Gasteiger partial charge in [-0.05, 0) is 69.7 Å². The van der Waals surface area contributed by atoms with Gasteiger partial charge in [-0.1, -0.05) is 38.0 Å². The summed E-state index contributed by atoms with van der Waals surface area (Å²) < 4.78 is 12.2. The van der Waals surface area contributed by atoms with Gasteiger partial charge in [0, 0.05) is 17.4 Å². The standard InChI is InChI=1S/C25H33NO3/c1-4-5-6-8-18-14-22-24(20-13-16(2)10-11-19(20)17(3)28-22)23(15-18)29-25(27)21-9-7-12-26-21/h13-15,19-21,26H,3-12H2,1-2H3/t19-,20+,21?/m0/s1. The second kappa shape index (κ2) is 8.74. The molecular formula is C25H33NO3. The van der Waals surface area contributed by atoms with Crippen molar-refractivity contribution in [2.45, 2.75) is 77.2 Å². The van der Waals surface area contributed by atoms with Gasteiger partial charge in [-0.2, -0.15) is 0 Å². The van der Waals surface area contributed by atoms with Gasteiger partial charge in [0.05, 0.1) is 0 Å². The van der Waals surface area contributed by atoms with Crippen molar-refractivity contribution in [2.24, 2.45) is 5.92 Å². The zero-order chi connectivity index (χ0) is 20.4. The molecule has 1 saturated heterocycles. The largest absolute Gasteiger partial charge is 0.462 e. The number of carbonyl (C=O) groups is 1. The molecule has 0 bridgehead atoms. The molecule has 4 heteroatoms. The average Bonchev–Trinajstić information content (AvgIpc) is 3.23. The normalized spacial score (nSPS) is 25.7. The molecule has 4 rings (SSSR count). The van der Waals surface area contributed by atoms with Gasteiger partial charge in [0.15, 0.2) is 0 Å². The lowest BCUT2D eigenvalue weighted by atomic mass is 9.74. The number of fused-ring (bicyclic) bond motifs is 3. The molecule has 0 spiro atoms. The molecule has 0 radical (unpaired) electrons. The minimum atomic E-state index is -0.201. The van der Waals surface area contributed by atoms with Crippen LogP contribution in [-0.4, -0.2) is 18.6 Å². The number of carbonyl (C=O) groups excluding carboxylic acids is 1. The van der Waals surface area contributed by atoms with Gasteiger partial charge < -0.3 is 14.8 Å². The van der Waals surface area contributed by atoms with Crippen molar-refractivity contribution in [3.63, 3.8) is 0 Å². The second-order valence-electron chi connectivity index (χ2n) is 8.79. The van der Waals surface area contributed by atoms with Gasteiger partial charge in [-0.3, -0.25) is 0 Å². The van der Waals surface area contributed by atoms with Crippen LogP contribution < -0.4 is 14.8 Å². The van der Waals surface area contributed by atoms with E-state index in [1.165, 1.54) is 24.0 Å². The summed E-state index contributed by atoms with van der Waals surface area (Å²) in [6.07, 6.45) is 10.7. The van der Waals surface area contributed by atoms with Crippen LogP contribution in [0.1, 0.15) is 75.8 Å². The van der Waals surface area contributed by atoms with Crippen LogP contribution >= 0.6 is 0 Å². The van der Waals surface area contributed by atoms with Crippen molar-refractivity contribution in [3.8, 4) is 11.5 Å². The fourth-order valence-corrected chi connectivity index (χ4v) is 4.87. The predicted octanol–water partition coefficient (Wildman–Crippen LogP) is 5.42. The van der Waals surface area contributed by atoms with Crippen LogP contribution in [0.4, 0.5) is 0 Å². The van der Waals surface area contributed by atoms with Crippen molar-refractivity contribution >= 4 is 5.97 Å². The number of hydrogen-bond donors (Lipinski definition) is 1. The SMILES string of the molecule is C=C1Oc2cc(CCCCC)cc(OC(=O)C3CCCN3)c2[C@@H]2C=C(C)CC[C@@H]12. The van der Waals surface area contributed by atoms with E-state index in [-0.39, 0.29) is 23.8 Å². The number of esters is 1. The maximum atomic E-state index is 12.8. The quantitative estimate of drug-likeness (QED) is 0.302. The van der Waals surface area contributed by atoms with Crippen molar-refractivity contribution in [1.82, 2.24) is 5.32 Å². The van der Waals surface area contributed by atoms with Crippen molar-refractivity contribution in [1.29, 1.82) is 0 Å². The number of ether oxygens (including phenoxy) is 2. The van der Waals surface area contributed by atoms with Gasteiger partial charge >= 0.3 is 5.97 Å². The molecule has 1 unspecified atom stereocenters. The van der Waals surface area contributed by atoms with Crippen LogP contribution in [0, 0.1) is 5.92 Å². The Hall–Kier alpha value is -2.07. The van der Waals surface area contributed by atoms with Crippen LogP contribution in [-0.2, 0) is 11.2 Å². The zero-order valence-electron chi connectivity index (χ0n) is 17.8.